The van der Waals surface area contributed by atoms with Crippen LogP contribution in [-0.4, -0.2) is 18.9 Å². The minimum Gasteiger partial charge on any atom is -0.308 e. The van der Waals surface area contributed by atoms with Crippen LogP contribution in [0.3, 0.4) is 0 Å². The lowest BCUT2D eigenvalue weighted by molar-refractivity contribution is -0.112. The maximum atomic E-state index is 12.8. The Bertz CT molecular complexity index is 831. The van der Waals surface area contributed by atoms with Crippen LogP contribution in [0.2, 0.25) is 20.1 Å². The van der Waals surface area contributed by atoms with E-state index in [1.807, 2.05) is 0 Å². The number of hydrogen-bond acceptors (Lipinski definition) is 2. The molecular formula is C19H13Cl4NO. The summed E-state index contributed by atoms with van der Waals surface area (Å²) in [4.78, 5) is 12.8. The molecule has 128 valence electrons. The summed E-state index contributed by atoms with van der Waals surface area (Å²) in [7, 11) is 0. The van der Waals surface area contributed by atoms with Gasteiger partial charge in [0.1, 0.15) is 0 Å². The van der Waals surface area contributed by atoms with E-state index in [1.165, 1.54) is 0 Å². The van der Waals surface area contributed by atoms with Crippen molar-refractivity contribution in [2.24, 2.45) is 0 Å². The van der Waals surface area contributed by atoms with Gasteiger partial charge in [0.05, 0.1) is 0 Å². The monoisotopic (exact) mass is 411 g/mol. The normalized spacial score (nSPS) is 18.2. The number of hydrogen-bond donors (Lipinski definition) is 1. The molecule has 0 saturated carbocycles. The van der Waals surface area contributed by atoms with Gasteiger partial charge in [-0.2, -0.15) is 0 Å². The third-order valence-corrected chi connectivity index (χ3v) is 4.92. The van der Waals surface area contributed by atoms with E-state index in [9.17, 15) is 4.79 Å². The van der Waals surface area contributed by atoms with Gasteiger partial charge in [-0.15, -0.1) is 0 Å². The molecule has 1 saturated heterocycles. The maximum absolute atomic E-state index is 12.8. The number of carbonyl (C=O) groups is 1. The molecule has 6 heteroatoms. The zero-order valence-corrected chi connectivity index (χ0v) is 16.0. The first-order chi connectivity index (χ1) is 11.9. The molecule has 0 aliphatic carbocycles. The molecule has 1 aliphatic rings. The molecule has 0 amide bonds. The van der Waals surface area contributed by atoms with Gasteiger partial charge in [-0.3, -0.25) is 4.79 Å². The molecule has 2 nitrogen and oxygen atoms in total. The largest absolute Gasteiger partial charge is 0.308 e. The van der Waals surface area contributed by atoms with Crippen molar-refractivity contribution in [2.45, 2.75) is 0 Å². The molecule has 2 aromatic rings. The highest BCUT2D eigenvalue weighted by molar-refractivity contribution is 6.36. The first-order valence-corrected chi connectivity index (χ1v) is 9.02. The summed E-state index contributed by atoms with van der Waals surface area (Å²) in [5.74, 6) is -0.0317. The molecule has 0 bridgehead atoms. The minimum absolute atomic E-state index is 0.0317. The van der Waals surface area contributed by atoms with Crippen molar-refractivity contribution in [3.05, 3.63) is 78.8 Å². The van der Waals surface area contributed by atoms with E-state index in [2.05, 4.69) is 5.32 Å². The average Bonchev–Trinajstić information content (AvgIpc) is 2.56. The van der Waals surface area contributed by atoms with Gasteiger partial charge >= 0.3 is 0 Å². The Morgan fingerprint density at radius 1 is 0.760 bits per heavy atom. The Labute approximate surface area is 166 Å². The molecule has 25 heavy (non-hydrogen) atoms. The zero-order chi connectivity index (χ0) is 18.0. The summed E-state index contributed by atoms with van der Waals surface area (Å²) < 4.78 is 0. The molecule has 1 aliphatic heterocycles. The van der Waals surface area contributed by atoms with E-state index < -0.39 is 0 Å². The van der Waals surface area contributed by atoms with Gasteiger partial charge in [0.25, 0.3) is 0 Å². The van der Waals surface area contributed by atoms with Crippen LogP contribution < -0.4 is 5.32 Å². The summed E-state index contributed by atoms with van der Waals surface area (Å²) in [6.45, 7) is 0.951. The quantitative estimate of drug-likeness (QED) is 0.618. The fourth-order valence-electron chi connectivity index (χ4n) is 2.54. The zero-order valence-electron chi connectivity index (χ0n) is 13.0. The molecule has 0 aromatic heterocycles. The van der Waals surface area contributed by atoms with E-state index >= 15 is 0 Å². The molecule has 1 heterocycles. The molecule has 0 unspecified atom stereocenters. The second-order valence-electron chi connectivity index (χ2n) is 5.60. The van der Waals surface area contributed by atoms with E-state index in [0.717, 1.165) is 11.1 Å². The number of nitrogens with one attached hydrogen (secondary N) is 1. The summed E-state index contributed by atoms with van der Waals surface area (Å²) >= 11 is 24.2. The molecule has 1 N–H and O–H groups in total. The highest BCUT2D eigenvalue weighted by Gasteiger charge is 2.20. The van der Waals surface area contributed by atoms with Crippen molar-refractivity contribution in [2.75, 3.05) is 13.1 Å². The Kier molecular flexibility index (Phi) is 5.88. The highest BCUT2D eigenvalue weighted by atomic mass is 35.5. The number of halogens is 4. The van der Waals surface area contributed by atoms with Gasteiger partial charge in [-0.1, -0.05) is 58.5 Å². The predicted octanol–water partition coefficient (Wildman–Crippen LogP) is 5.94. The van der Waals surface area contributed by atoms with Crippen molar-refractivity contribution >= 4 is 64.3 Å². The standard InChI is InChI=1S/C19H13Cl4NO/c20-15-3-1-11(17(22)7-15)5-13-9-24-10-14(19(13)25)6-12-2-4-16(21)8-18(12)23/h1-8,24H,9-10H2/b13-5+,14-6+. The van der Waals surface area contributed by atoms with Gasteiger partial charge in [-0.25, -0.2) is 0 Å². The van der Waals surface area contributed by atoms with E-state index in [-0.39, 0.29) is 5.78 Å². The van der Waals surface area contributed by atoms with Crippen LogP contribution in [0.4, 0.5) is 0 Å². The molecule has 0 radical (unpaired) electrons. The van der Waals surface area contributed by atoms with Crippen molar-refractivity contribution < 1.29 is 4.79 Å². The molecule has 0 atom stereocenters. The smallest absolute Gasteiger partial charge is 0.187 e. The second-order valence-corrected chi connectivity index (χ2v) is 7.29. The number of piperidine rings is 1. The van der Waals surface area contributed by atoms with Crippen molar-refractivity contribution in [1.29, 1.82) is 0 Å². The Balaban J connectivity index is 1.93. The van der Waals surface area contributed by atoms with Gasteiger partial charge in [-0.05, 0) is 47.5 Å². The maximum Gasteiger partial charge on any atom is 0.187 e. The SMILES string of the molecule is O=C1/C(=C/c2ccc(Cl)cc2Cl)CNC/C1=C\c1ccc(Cl)cc1Cl. The molecule has 0 spiro atoms. The average molecular weight is 413 g/mol. The van der Waals surface area contributed by atoms with Crippen LogP contribution in [0.1, 0.15) is 11.1 Å². The lowest BCUT2D eigenvalue weighted by Crippen LogP contribution is -2.32. The van der Waals surface area contributed by atoms with Crippen molar-refractivity contribution in [1.82, 2.24) is 5.32 Å². The van der Waals surface area contributed by atoms with Crippen LogP contribution in [0.15, 0.2) is 47.5 Å². The lowest BCUT2D eigenvalue weighted by atomic mass is 9.95. The molecule has 1 fully saturated rings. The van der Waals surface area contributed by atoms with Crippen molar-refractivity contribution in [3.63, 3.8) is 0 Å². The van der Waals surface area contributed by atoms with Crippen LogP contribution in [-0.2, 0) is 4.79 Å². The molecular weight excluding hydrogens is 400 g/mol. The van der Waals surface area contributed by atoms with Crippen LogP contribution in [0.5, 0.6) is 0 Å². The molecule has 2 aromatic carbocycles. The van der Waals surface area contributed by atoms with Gasteiger partial charge in [0, 0.05) is 44.3 Å². The predicted molar refractivity (Wildman–Crippen MR) is 107 cm³/mol. The first-order valence-electron chi connectivity index (χ1n) is 7.51. The van der Waals surface area contributed by atoms with Crippen LogP contribution in [0.25, 0.3) is 12.2 Å². The van der Waals surface area contributed by atoms with E-state index in [0.29, 0.717) is 44.3 Å². The summed E-state index contributed by atoms with van der Waals surface area (Å²) in [6.07, 6.45) is 3.56. The fourth-order valence-corrected chi connectivity index (χ4v) is 3.47. The summed E-state index contributed by atoms with van der Waals surface area (Å²) in [6, 6.07) is 10.4. The number of benzene rings is 2. The van der Waals surface area contributed by atoms with Crippen molar-refractivity contribution in [3.8, 4) is 0 Å². The van der Waals surface area contributed by atoms with E-state index in [4.69, 9.17) is 46.4 Å². The van der Waals surface area contributed by atoms with E-state index in [1.54, 1.807) is 48.6 Å². The Morgan fingerprint density at radius 3 is 1.60 bits per heavy atom. The Hall–Kier alpha value is -1.29. The third kappa shape index (κ3) is 4.46. The van der Waals surface area contributed by atoms with Gasteiger partial charge in [0.15, 0.2) is 5.78 Å². The third-order valence-electron chi connectivity index (χ3n) is 3.80. The fraction of sp³-hybridized carbons (Fsp3) is 0.105. The first kappa shape index (κ1) is 18.5. The van der Waals surface area contributed by atoms with Crippen LogP contribution >= 0.6 is 46.4 Å². The highest BCUT2D eigenvalue weighted by Crippen LogP contribution is 2.27. The summed E-state index contributed by atoms with van der Waals surface area (Å²) in [5, 5.41) is 5.34. The lowest BCUT2D eigenvalue weighted by Gasteiger charge is -2.18. The van der Waals surface area contributed by atoms with Crippen LogP contribution in [0, 0.1) is 0 Å². The number of Topliss-reactive ketones (excluding diaryl/α,β-unsaturated/α-hetero) is 1. The number of ketones is 1. The summed E-state index contributed by atoms with van der Waals surface area (Å²) in [5.41, 5.74) is 2.77. The van der Waals surface area contributed by atoms with Gasteiger partial charge < -0.3 is 5.32 Å². The van der Waals surface area contributed by atoms with Gasteiger partial charge in [0.2, 0.25) is 0 Å². The topological polar surface area (TPSA) is 29.1 Å². The Morgan fingerprint density at radius 2 is 1.20 bits per heavy atom. The number of carbonyl (C=O) groups excluding carboxylic acids is 1. The second kappa shape index (κ2) is 7.94. The minimum atomic E-state index is -0.0317. The number of rotatable bonds is 2. The molecule has 3 rings (SSSR count).